The molecule has 274 valence electrons. The molecular weight excluding hydrogens is 675 g/mol. The lowest BCUT2D eigenvalue weighted by molar-refractivity contribution is -0.0283. The Hall–Kier alpha value is -4.36. The van der Waals surface area contributed by atoms with Crippen LogP contribution in [0, 0.1) is 24.2 Å². The van der Waals surface area contributed by atoms with Crippen molar-refractivity contribution in [1.29, 1.82) is 5.26 Å². The van der Waals surface area contributed by atoms with E-state index in [9.17, 15) is 14.9 Å². The second-order valence-corrected chi connectivity index (χ2v) is 14.9. The smallest absolute Gasteiger partial charge is 0.328 e. The number of methoxy groups -OCH3 is 1. The molecule has 0 radical (unpaired) electrons. The molecule has 0 fully saturated rings. The molecule has 1 heterocycles. The topological polar surface area (TPSA) is 119 Å². The molecule has 4 atom stereocenters. The molecule has 0 aliphatic heterocycles. The average Bonchev–Trinajstić information content (AvgIpc) is 3.14. The van der Waals surface area contributed by atoms with Crippen LogP contribution in [0.5, 0.6) is 5.75 Å². The summed E-state index contributed by atoms with van der Waals surface area (Å²) in [5.74, 6) is 0.484. The number of hydrogen-bond acceptors (Lipinski definition) is 8. The fraction of sp³-hybridized carbons (Fsp3) is 0.390. The van der Waals surface area contributed by atoms with Crippen molar-refractivity contribution in [1.82, 2.24) is 14.2 Å². The fourth-order valence-electron chi connectivity index (χ4n) is 6.76. The van der Waals surface area contributed by atoms with Crippen molar-refractivity contribution in [3.63, 3.8) is 0 Å². The molecule has 5 rings (SSSR count). The van der Waals surface area contributed by atoms with Crippen LogP contribution in [0.4, 0.5) is 0 Å². The Morgan fingerprint density at radius 2 is 1.52 bits per heavy atom. The van der Waals surface area contributed by atoms with Gasteiger partial charge in [0.2, 0.25) is 0 Å². The minimum absolute atomic E-state index is 0.0983. The summed E-state index contributed by atoms with van der Waals surface area (Å²) in [5.41, 5.74) is 1.42. The third kappa shape index (κ3) is 8.80. The summed E-state index contributed by atoms with van der Waals surface area (Å²) in [6.07, 6.45) is 5.85. The van der Waals surface area contributed by atoms with E-state index in [0.29, 0.717) is 12.0 Å². The lowest BCUT2D eigenvalue weighted by Gasteiger charge is -2.42. The maximum absolute atomic E-state index is 13.1. The number of aryl methyl sites for hydroxylation is 1. The van der Waals surface area contributed by atoms with Gasteiger partial charge in [0.05, 0.1) is 45.0 Å². The molecule has 1 unspecified atom stereocenters. The summed E-state index contributed by atoms with van der Waals surface area (Å²) in [6, 6.07) is 30.3. The molecule has 3 aromatic carbocycles. The highest BCUT2D eigenvalue weighted by atomic mass is 31.2. The Bertz CT molecular complexity index is 1870. The van der Waals surface area contributed by atoms with Crippen LogP contribution in [0.15, 0.2) is 113 Å². The molecule has 1 N–H and O–H groups in total. The second-order valence-electron chi connectivity index (χ2n) is 13.5. The van der Waals surface area contributed by atoms with Gasteiger partial charge in [0.25, 0.3) is 14.1 Å². The zero-order chi connectivity index (χ0) is 37.3. The third-order valence-electron chi connectivity index (χ3n) is 9.27. The molecule has 10 nitrogen and oxygen atoms in total. The highest BCUT2D eigenvalue weighted by molar-refractivity contribution is 7.44. The van der Waals surface area contributed by atoms with Gasteiger partial charge in [-0.05, 0) is 69.9 Å². The number of aromatic nitrogens is 2. The second kappa shape index (κ2) is 17.9. The highest BCUT2D eigenvalue weighted by Gasteiger charge is 2.41. The Kier molecular flexibility index (Phi) is 13.4. The number of nitrogens with one attached hydrogen (secondary N) is 1. The van der Waals surface area contributed by atoms with Gasteiger partial charge in [-0.25, -0.2) is 9.46 Å². The molecule has 0 saturated carbocycles. The Morgan fingerprint density at radius 3 is 2.08 bits per heavy atom. The van der Waals surface area contributed by atoms with E-state index in [1.165, 1.54) is 0 Å². The van der Waals surface area contributed by atoms with Crippen LogP contribution in [0.1, 0.15) is 68.8 Å². The van der Waals surface area contributed by atoms with Crippen LogP contribution >= 0.6 is 8.53 Å². The molecule has 0 amide bonds. The molecule has 1 aliphatic carbocycles. The number of nitriles is 1. The molecule has 0 spiro atoms. The van der Waals surface area contributed by atoms with Crippen molar-refractivity contribution in [2.24, 2.45) is 5.92 Å². The van der Waals surface area contributed by atoms with Gasteiger partial charge in [-0.3, -0.25) is 14.3 Å². The van der Waals surface area contributed by atoms with Crippen LogP contribution in [0.2, 0.25) is 0 Å². The zero-order valence-corrected chi connectivity index (χ0v) is 31.7. The van der Waals surface area contributed by atoms with Crippen molar-refractivity contribution in [2.75, 3.05) is 20.3 Å². The van der Waals surface area contributed by atoms with Crippen molar-refractivity contribution in [3.8, 4) is 11.8 Å². The summed E-state index contributed by atoms with van der Waals surface area (Å²) in [6.45, 7) is 10.6. The van der Waals surface area contributed by atoms with Crippen LogP contribution in [-0.2, 0) is 19.4 Å². The molecule has 1 aromatic heterocycles. The van der Waals surface area contributed by atoms with Gasteiger partial charge < -0.3 is 18.5 Å². The number of ether oxygens (including phenoxy) is 2. The number of allylic oxidation sites excluding steroid dienone is 1. The quantitative estimate of drug-likeness (QED) is 0.0542. The predicted octanol–water partition coefficient (Wildman–Crippen LogP) is 7.64. The number of nitrogens with zero attached hydrogens (tertiary/aromatic N) is 3. The molecule has 4 aromatic rings. The number of H-pyrrole nitrogens is 1. The van der Waals surface area contributed by atoms with Gasteiger partial charge in [-0.15, -0.1) is 0 Å². The van der Waals surface area contributed by atoms with E-state index in [1.54, 1.807) is 24.8 Å². The van der Waals surface area contributed by atoms with Crippen LogP contribution < -0.4 is 16.0 Å². The molecule has 0 bridgehead atoms. The van der Waals surface area contributed by atoms with Crippen LogP contribution in [-0.4, -0.2) is 52.7 Å². The fourth-order valence-corrected chi connectivity index (χ4v) is 8.54. The van der Waals surface area contributed by atoms with Crippen LogP contribution in [0.25, 0.3) is 0 Å². The number of hydrogen-bond donors (Lipinski definition) is 1. The predicted molar refractivity (Wildman–Crippen MR) is 204 cm³/mol. The van der Waals surface area contributed by atoms with Crippen molar-refractivity contribution < 1.29 is 18.5 Å². The van der Waals surface area contributed by atoms with Gasteiger partial charge in [0.1, 0.15) is 11.4 Å². The zero-order valence-electron chi connectivity index (χ0n) is 30.8. The number of benzene rings is 3. The van der Waals surface area contributed by atoms with Gasteiger partial charge in [-0.2, -0.15) is 5.26 Å². The van der Waals surface area contributed by atoms with Crippen molar-refractivity contribution in [2.45, 2.75) is 77.3 Å². The van der Waals surface area contributed by atoms with E-state index in [2.05, 4.69) is 73.8 Å². The van der Waals surface area contributed by atoms with Gasteiger partial charge in [0, 0.05) is 29.8 Å². The highest BCUT2D eigenvalue weighted by Crippen LogP contribution is 2.50. The standard InChI is InChI=1S/C41H49N4O6P/c1-29(2)45(30(3)4)52(50-25-13-24-42)51-38-26-36(44-27-31(5)39(46)43-40(44)47)21-18-32(38)28-49-41(33-14-9-7-10-15-33,34-16-11-8-12-17-34)35-19-22-37(48-6)23-20-35/h7-12,14-23,27,29-30,32,36,38H,13,25-26,28H2,1-6H3,(H,43,46,47)/t32-,36-,38+,52?/m0/s1. The third-order valence-corrected chi connectivity index (χ3v) is 11.4. The molecular formula is C41H49N4O6P. The average molecular weight is 725 g/mol. The van der Waals surface area contributed by atoms with Crippen LogP contribution in [0.3, 0.4) is 0 Å². The summed E-state index contributed by atoms with van der Waals surface area (Å²) < 4.78 is 29.9. The lowest BCUT2D eigenvalue weighted by atomic mass is 9.79. The molecule has 11 heteroatoms. The van der Waals surface area contributed by atoms with E-state index in [-0.39, 0.29) is 43.7 Å². The first-order chi connectivity index (χ1) is 25.1. The lowest BCUT2D eigenvalue weighted by Crippen LogP contribution is -2.41. The van der Waals surface area contributed by atoms with Crippen molar-refractivity contribution in [3.05, 3.63) is 146 Å². The Labute approximate surface area is 307 Å². The van der Waals surface area contributed by atoms with E-state index in [0.717, 1.165) is 22.4 Å². The van der Waals surface area contributed by atoms with E-state index in [4.69, 9.17) is 18.5 Å². The van der Waals surface area contributed by atoms with Gasteiger partial charge in [0.15, 0.2) is 0 Å². The summed E-state index contributed by atoms with van der Waals surface area (Å²) in [4.78, 5) is 27.8. The minimum Gasteiger partial charge on any atom is -0.497 e. The summed E-state index contributed by atoms with van der Waals surface area (Å²) in [5, 5.41) is 9.32. The largest absolute Gasteiger partial charge is 0.497 e. The first-order valence-electron chi connectivity index (χ1n) is 17.7. The number of aromatic amines is 1. The Morgan fingerprint density at radius 1 is 0.923 bits per heavy atom. The summed E-state index contributed by atoms with van der Waals surface area (Å²) >= 11 is 0. The molecule has 0 saturated heterocycles. The molecule has 1 aliphatic rings. The van der Waals surface area contributed by atoms with Gasteiger partial charge >= 0.3 is 5.69 Å². The van der Waals surface area contributed by atoms with Gasteiger partial charge in [-0.1, -0.05) is 84.9 Å². The first kappa shape index (κ1) is 38.9. The first-order valence-corrected chi connectivity index (χ1v) is 18.9. The number of rotatable bonds is 16. The SMILES string of the molecule is COc1ccc(C(OC[C@@H]2C=C[C@H](n3cc(C)c(=O)[nH]c3=O)C[C@H]2OP(OCCC#N)N(C(C)C)C(C)C)(c2ccccc2)c2ccccc2)cc1. The van der Waals surface area contributed by atoms with Crippen molar-refractivity contribution >= 4 is 8.53 Å². The van der Waals surface area contributed by atoms with E-state index < -0.39 is 31.5 Å². The minimum atomic E-state index is -1.61. The normalized spacial score (nSPS) is 18.1. The Balaban J connectivity index is 1.60. The van der Waals surface area contributed by atoms with E-state index >= 15 is 0 Å². The summed E-state index contributed by atoms with van der Waals surface area (Å²) in [7, 11) is 0.0365. The molecule has 52 heavy (non-hydrogen) atoms. The van der Waals surface area contributed by atoms with E-state index in [1.807, 2.05) is 66.7 Å². The maximum atomic E-state index is 13.1. The monoisotopic (exact) mass is 724 g/mol. The maximum Gasteiger partial charge on any atom is 0.328 e.